The van der Waals surface area contributed by atoms with Crippen molar-refractivity contribution in [3.8, 4) is 0 Å². The Morgan fingerprint density at radius 1 is 1.38 bits per heavy atom. The van der Waals surface area contributed by atoms with Crippen molar-refractivity contribution < 1.29 is 4.79 Å². The van der Waals surface area contributed by atoms with Gasteiger partial charge in [0.15, 0.2) is 0 Å². The minimum atomic E-state index is -0.307. The number of carbonyl (C=O) groups excluding carboxylic acids is 1. The van der Waals surface area contributed by atoms with Crippen LogP contribution in [-0.2, 0) is 0 Å². The first kappa shape index (κ1) is 16.1. The summed E-state index contributed by atoms with van der Waals surface area (Å²) in [4.78, 5) is 11.8. The zero-order valence-corrected chi connectivity index (χ0v) is 15.9. The fraction of sp³-hybridized carbons (Fsp3) is 0.474. The van der Waals surface area contributed by atoms with E-state index in [-0.39, 0.29) is 5.91 Å². The summed E-state index contributed by atoms with van der Waals surface area (Å²) in [5.41, 5.74) is 7.44. The van der Waals surface area contributed by atoms with Crippen molar-refractivity contribution in [1.29, 1.82) is 0 Å². The highest BCUT2D eigenvalue weighted by Crippen LogP contribution is 2.66. The van der Waals surface area contributed by atoms with Crippen LogP contribution >= 0.6 is 22.6 Å². The molecule has 0 spiro atoms. The Bertz CT molecular complexity index is 759. The molecule has 126 valence electrons. The number of hydrogen-bond acceptors (Lipinski definition) is 2. The third-order valence-electron chi connectivity index (χ3n) is 5.96. The van der Waals surface area contributed by atoms with Crippen LogP contribution in [0.4, 0.5) is 0 Å². The molecule has 1 aromatic carbocycles. The van der Waals surface area contributed by atoms with Crippen molar-refractivity contribution in [2.75, 3.05) is 0 Å². The topological polar surface area (TPSA) is 60.9 Å². The van der Waals surface area contributed by atoms with Crippen LogP contribution in [0.3, 0.4) is 0 Å². The van der Waals surface area contributed by atoms with E-state index in [0.717, 1.165) is 23.8 Å². The van der Waals surface area contributed by atoms with Gasteiger partial charge < -0.3 is 5.73 Å². The van der Waals surface area contributed by atoms with Gasteiger partial charge in [0.1, 0.15) is 0 Å². The Morgan fingerprint density at radius 2 is 2.08 bits per heavy atom. The molecule has 4 rings (SSSR count). The van der Waals surface area contributed by atoms with E-state index in [1.807, 2.05) is 24.4 Å². The first-order chi connectivity index (χ1) is 11.6. The number of carbonyl (C=O) groups is 1. The van der Waals surface area contributed by atoms with Gasteiger partial charge in [0.2, 0.25) is 5.91 Å². The van der Waals surface area contributed by atoms with Gasteiger partial charge in [-0.05, 0) is 77.2 Å². The number of aromatic nitrogens is 2. The molecule has 0 bridgehead atoms. The average molecular weight is 435 g/mol. The van der Waals surface area contributed by atoms with Crippen molar-refractivity contribution >= 4 is 28.5 Å². The third kappa shape index (κ3) is 2.66. The van der Waals surface area contributed by atoms with Gasteiger partial charge in [0.05, 0.1) is 15.8 Å². The Labute approximate surface area is 155 Å². The van der Waals surface area contributed by atoms with Crippen molar-refractivity contribution in [3.63, 3.8) is 0 Å². The van der Waals surface area contributed by atoms with Crippen LogP contribution in [0.25, 0.3) is 0 Å². The van der Waals surface area contributed by atoms with Crippen LogP contribution in [0.5, 0.6) is 0 Å². The van der Waals surface area contributed by atoms with Crippen molar-refractivity contribution in [2.24, 2.45) is 23.5 Å². The first-order valence-corrected chi connectivity index (χ1v) is 9.76. The number of nitrogens with zero attached hydrogens (tertiary/aromatic N) is 2. The Balaban J connectivity index is 1.51. The number of nitrogens with two attached hydrogens (primary N) is 1. The fourth-order valence-corrected chi connectivity index (χ4v) is 5.34. The molecule has 0 aliphatic heterocycles. The van der Waals surface area contributed by atoms with Gasteiger partial charge in [-0.15, -0.1) is 0 Å². The molecule has 0 saturated heterocycles. The lowest BCUT2D eigenvalue weighted by atomic mass is 9.84. The first-order valence-electron chi connectivity index (χ1n) is 8.68. The van der Waals surface area contributed by atoms with Gasteiger partial charge in [-0.1, -0.05) is 25.1 Å². The molecule has 1 heterocycles. The largest absolute Gasteiger partial charge is 0.366 e. The molecule has 0 unspecified atom stereocenters. The molecule has 3 atom stereocenters. The third-order valence-corrected chi connectivity index (χ3v) is 6.52. The summed E-state index contributed by atoms with van der Waals surface area (Å²) in [6.45, 7) is 2.23. The SMILES string of the molecule is CC[C@@H](c1ccccc1C(N)=O)C1[C@@H]2CC(n3cc(I)cn3)C[C@@H]12. The predicted molar refractivity (Wildman–Crippen MR) is 102 cm³/mol. The van der Waals surface area contributed by atoms with Crippen molar-refractivity contribution in [2.45, 2.75) is 38.1 Å². The molecule has 5 heteroatoms. The molecule has 24 heavy (non-hydrogen) atoms. The van der Waals surface area contributed by atoms with E-state index in [1.165, 1.54) is 16.4 Å². The molecule has 1 aromatic heterocycles. The van der Waals surface area contributed by atoms with Gasteiger partial charge in [-0.2, -0.15) is 5.10 Å². The van der Waals surface area contributed by atoms with E-state index in [4.69, 9.17) is 5.73 Å². The Hall–Kier alpha value is -1.37. The van der Waals surface area contributed by atoms with Crippen LogP contribution < -0.4 is 5.73 Å². The maximum absolute atomic E-state index is 11.8. The summed E-state index contributed by atoms with van der Waals surface area (Å²) >= 11 is 2.31. The lowest BCUT2D eigenvalue weighted by Crippen LogP contribution is -2.18. The maximum atomic E-state index is 11.8. The van der Waals surface area contributed by atoms with Crippen LogP contribution in [-0.4, -0.2) is 15.7 Å². The van der Waals surface area contributed by atoms with E-state index >= 15 is 0 Å². The molecule has 2 N–H and O–H groups in total. The maximum Gasteiger partial charge on any atom is 0.248 e. The number of primary amides is 1. The molecular weight excluding hydrogens is 413 g/mol. The van der Waals surface area contributed by atoms with E-state index in [0.29, 0.717) is 23.4 Å². The van der Waals surface area contributed by atoms with E-state index in [9.17, 15) is 4.79 Å². The van der Waals surface area contributed by atoms with Gasteiger partial charge in [0, 0.05) is 11.8 Å². The lowest BCUT2D eigenvalue weighted by Gasteiger charge is -2.22. The minimum absolute atomic E-state index is 0.307. The smallest absolute Gasteiger partial charge is 0.248 e. The molecule has 2 aromatic rings. The minimum Gasteiger partial charge on any atom is -0.366 e. The van der Waals surface area contributed by atoms with Crippen molar-refractivity contribution in [3.05, 3.63) is 51.4 Å². The molecular formula is C19H22IN3O. The van der Waals surface area contributed by atoms with Crippen LogP contribution in [0, 0.1) is 21.3 Å². The number of fused-ring (bicyclic) bond motifs is 1. The van der Waals surface area contributed by atoms with Gasteiger partial charge >= 0.3 is 0 Å². The highest BCUT2D eigenvalue weighted by atomic mass is 127. The molecule has 1 amide bonds. The number of amides is 1. The molecule has 4 nitrogen and oxygen atoms in total. The number of rotatable bonds is 5. The quantitative estimate of drug-likeness (QED) is 0.723. The molecule has 2 saturated carbocycles. The second kappa shape index (κ2) is 6.17. The normalized spacial score (nSPS) is 27.0. The summed E-state index contributed by atoms with van der Waals surface area (Å²) in [5, 5.41) is 4.49. The lowest BCUT2D eigenvalue weighted by molar-refractivity contribution is 0.0998. The second-order valence-corrected chi connectivity index (χ2v) is 8.38. The number of halogens is 1. The number of hydrogen-bond donors (Lipinski definition) is 1. The summed E-state index contributed by atoms with van der Waals surface area (Å²) in [5.74, 6) is 2.37. The van der Waals surface area contributed by atoms with Gasteiger partial charge in [-0.3, -0.25) is 9.48 Å². The zero-order chi connectivity index (χ0) is 16.8. The predicted octanol–water partition coefficient (Wildman–Crippen LogP) is 3.98. The van der Waals surface area contributed by atoms with Crippen LogP contribution in [0.15, 0.2) is 36.7 Å². The average Bonchev–Trinajstić information content (AvgIpc) is 2.94. The molecule has 2 aliphatic rings. The van der Waals surface area contributed by atoms with Gasteiger partial charge in [-0.25, -0.2) is 0 Å². The van der Waals surface area contributed by atoms with E-state index < -0.39 is 0 Å². The Kier molecular flexibility index (Phi) is 4.14. The van der Waals surface area contributed by atoms with E-state index in [2.05, 4.69) is 51.6 Å². The molecule has 0 radical (unpaired) electrons. The monoisotopic (exact) mass is 435 g/mol. The summed E-state index contributed by atoms with van der Waals surface area (Å²) < 4.78 is 3.34. The Morgan fingerprint density at radius 3 is 2.67 bits per heavy atom. The fourth-order valence-electron chi connectivity index (χ4n) is 4.93. The second-order valence-electron chi connectivity index (χ2n) is 7.14. The van der Waals surface area contributed by atoms with Crippen LogP contribution in [0.2, 0.25) is 0 Å². The summed E-state index contributed by atoms with van der Waals surface area (Å²) in [6, 6.07) is 8.43. The van der Waals surface area contributed by atoms with Gasteiger partial charge in [0.25, 0.3) is 0 Å². The number of benzene rings is 1. The molecule has 2 fully saturated rings. The summed E-state index contributed by atoms with van der Waals surface area (Å²) in [7, 11) is 0. The van der Waals surface area contributed by atoms with Crippen molar-refractivity contribution in [1.82, 2.24) is 9.78 Å². The zero-order valence-electron chi connectivity index (χ0n) is 13.7. The standard InChI is InChI=1S/C19H22IN3O/c1-2-13(14-5-3-4-6-15(14)19(21)24)18-16-7-12(8-17(16)18)23-10-11(20)9-22-23/h3-6,9-10,12-13,16-18H,2,7-8H2,1H3,(H2,21,24)/t12?,13-,16+,17+,18?/m0/s1. The van der Waals surface area contributed by atoms with Crippen LogP contribution in [0.1, 0.15) is 54.1 Å². The highest BCUT2D eigenvalue weighted by molar-refractivity contribution is 14.1. The molecule has 2 aliphatic carbocycles. The van der Waals surface area contributed by atoms with E-state index in [1.54, 1.807) is 0 Å². The highest BCUT2D eigenvalue weighted by Gasteiger charge is 2.59. The summed E-state index contributed by atoms with van der Waals surface area (Å²) in [6.07, 6.45) is 7.56.